The van der Waals surface area contributed by atoms with Gasteiger partial charge >= 0.3 is 0 Å². The molecule has 5 heteroatoms. The molecule has 0 bridgehead atoms. The molecule has 1 saturated heterocycles. The predicted molar refractivity (Wildman–Crippen MR) is 74.4 cm³/mol. The molecule has 1 aromatic rings. The van der Waals surface area contributed by atoms with Crippen molar-refractivity contribution in [2.45, 2.75) is 38.2 Å². The standard InChI is InChI=1S/C15H23NO4/c17-15(7-6-13-4-1-10-19-13)16-8-3-9-18-12-14-5-2-11-20-14/h1,4,10,14H,2-3,5-9,11-12H2,(H,16,17). The van der Waals surface area contributed by atoms with Crippen LogP contribution >= 0.6 is 0 Å². The first-order chi connectivity index (χ1) is 9.84. The number of furan rings is 1. The molecule has 1 atom stereocenters. The summed E-state index contributed by atoms with van der Waals surface area (Å²) in [6.07, 6.45) is 6.08. The Hall–Kier alpha value is -1.33. The second-order valence-electron chi connectivity index (χ2n) is 4.99. The van der Waals surface area contributed by atoms with Gasteiger partial charge in [-0.15, -0.1) is 0 Å². The topological polar surface area (TPSA) is 60.7 Å². The summed E-state index contributed by atoms with van der Waals surface area (Å²) in [7, 11) is 0. The summed E-state index contributed by atoms with van der Waals surface area (Å²) in [6.45, 7) is 2.85. The third-order valence-electron chi connectivity index (χ3n) is 3.29. The van der Waals surface area contributed by atoms with Crippen molar-refractivity contribution >= 4 is 5.91 Å². The zero-order chi connectivity index (χ0) is 14.0. The summed E-state index contributed by atoms with van der Waals surface area (Å²) < 4.78 is 16.2. The number of carbonyl (C=O) groups excluding carboxylic acids is 1. The highest BCUT2D eigenvalue weighted by molar-refractivity contribution is 5.75. The summed E-state index contributed by atoms with van der Waals surface area (Å²) in [4.78, 5) is 11.6. The molecular weight excluding hydrogens is 258 g/mol. The molecule has 0 saturated carbocycles. The van der Waals surface area contributed by atoms with Gasteiger partial charge in [0.2, 0.25) is 5.91 Å². The zero-order valence-electron chi connectivity index (χ0n) is 11.8. The minimum Gasteiger partial charge on any atom is -0.469 e. The van der Waals surface area contributed by atoms with Crippen LogP contribution in [0, 0.1) is 0 Å². The molecule has 20 heavy (non-hydrogen) atoms. The molecular formula is C15H23NO4. The normalized spacial score (nSPS) is 18.3. The third-order valence-corrected chi connectivity index (χ3v) is 3.29. The Morgan fingerprint density at radius 1 is 1.50 bits per heavy atom. The van der Waals surface area contributed by atoms with Gasteiger partial charge in [0.1, 0.15) is 5.76 Å². The van der Waals surface area contributed by atoms with Gasteiger partial charge < -0.3 is 19.2 Å². The van der Waals surface area contributed by atoms with Gasteiger partial charge in [0.15, 0.2) is 0 Å². The van der Waals surface area contributed by atoms with Crippen molar-refractivity contribution in [3.8, 4) is 0 Å². The molecule has 0 radical (unpaired) electrons. The van der Waals surface area contributed by atoms with Crippen molar-refractivity contribution < 1.29 is 18.7 Å². The Balaban J connectivity index is 1.41. The molecule has 2 rings (SSSR count). The molecule has 1 aliphatic rings. The Bertz CT molecular complexity index is 371. The van der Waals surface area contributed by atoms with Crippen LogP contribution in [0.4, 0.5) is 0 Å². The average molecular weight is 281 g/mol. The van der Waals surface area contributed by atoms with Crippen molar-refractivity contribution in [3.05, 3.63) is 24.2 Å². The van der Waals surface area contributed by atoms with E-state index in [1.165, 1.54) is 0 Å². The molecule has 112 valence electrons. The quantitative estimate of drug-likeness (QED) is 0.702. The van der Waals surface area contributed by atoms with Crippen molar-refractivity contribution in [1.29, 1.82) is 0 Å². The van der Waals surface area contributed by atoms with Crippen LogP contribution in [0.1, 0.15) is 31.4 Å². The number of hydrogen-bond acceptors (Lipinski definition) is 4. The number of rotatable bonds is 9. The first kappa shape index (κ1) is 15.1. The largest absolute Gasteiger partial charge is 0.469 e. The molecule has 0 spiro atoms. The van der Waals surface area contributed by atoms with Crippen molar-refractivity contribution in [3.63, 3.8) is 0 Å². The number of amides is 1. The van der Waals surface area contributed by atoms with E-state index in [-0.39, 0.29) is 12.0 Å². The number of carbonyl (C=O) groups is 1. The summed E-state index contributed by atoms with van der Waals surface area (Å²) in [5, 5.41) is 2.88. The van der Waals surface area contributed by atoms with E-state index < -0.39 is 0 Å². The van der Waals surface area contributed by atoms with Crippen molar-refractivity contribution in [2.75, 3.05) is 26.4 Å². The van der Waals surface area contributed by atoms with Gasteiger partial charge in [0.05, 0.1) is 19.0 Å². The average Bonchev–Trinajstić information content (AvgIpc) is 3.13. The Morgan fingerprint density at radius 2 is 2.45 bits per heavy atom. The molecule has 0 aromatic carbocycles. The number of ether oxygens (including phenoxy) is 2. The van der Waals surface area contributed by atoms with Crippen molar-refractivity contribution in [1.82, 2.24) is 5.32 Å². The first-order valence-electron chi connectivity index (χ1n) is 7.33. The van der Waals surface area contributed by atoms with E-state index >= 15 is 0 Å². The van der Waals surface area contributed by atoms with Gasteiger partial charge in [-0.3, -0.25) is 4.79 Å². The minimum atomic E-state index is 0.0560. The van der Waals surface area contributed by atoms with Crippen LogP contribution in [0.2, 0.25) is 0 Å². The van der Waals surface area contributed by atoms with Crippen LogP contribution in [-0.2, 0) is 20.7 Å². The van der Waals surface area contributed by atoms with Crippen LogP contribution in [0.5, 0.6) is 0 Å². The second-order valence-corrected chi connectivity index (χ2v) is 4.99. The molecule has 1 N–H and O–H groups in total. The van der Waals surface area contributed by atoms with Crippen molar-refractivity contribution in [2.24, 2.45) is 0 Å². The van der Waals surface area contributed by atoms with Crippen LogP contribution in [0.15, 0.2) is 22.8 Å². The number of hydrogen-bond donors (Lipinski definition) is 1. The Labute approximate surface area is 119 Å². The Kier molecular flexibility index (Phi) is 6.60. The highest BCUT2D eigenvalue weighted by Gasteiger charge is 2.14. The maximum Gasteiger partial charge on any atom is 0.220 e. The zero-order valence-corrected chi connectivity index (χ0v) is 11.8. The third kappa shape index (κ3) is 5.75. The van der Waals surface area contributed by atoms with E-state index in [1.807, 2.05) is 12.1 Å². The van der Waals surface area contributed by atoms with Gasteiger partial charge in [-0.2, -0.15) is 0 Å². The van der Waals surface area contributed by atoms with Crippen LogP contribution in [0.25, 0.3) is 0 Å². The summed E-state index contributed by atoms with van der Waals surface area (Å²) in [5.41, 5.74) is 0. The SMILES string of the molecule is O=C(CCc1ccco1)NCCCOCC1CCCO1. The van der Waals surface area contributed by atoms with Crippen LogP contribution in [0.3, 0.4) is 0 Å². The smallest absolute Gasteiger partial charge is 0.220 e. The van der Waals surface area contributed by atoms with E-state index in [1.54, 1.807) is 6.26 Å². The molecule has 1 aliphatic heterocycles. The van der Waals surface area contributed by atoms with Crippen LogP contribution in [-0.4, -0.2) is 38.4 Å². The highest BCUT2D eigenvalue weighted by Crippen LogP contribution is 2.11. The maximum absolute atomic E-state index is 11.6. The van der Waals surface area contributed by atoms with Gasteiger partial charge in [-0.25, -0.2) is 0 Å². The van der Waals surface area contributed by atoms with E-state index in [4.69, 9.17) is 13.9 Å². The fourth-order valence-corrected chi connectivity index (χ4v) is 2.17. The second kappa shape index (κ2) is 8.76. The number of aryl methyl sites for hydroxylation is 1. The number of nitrogens with one attached hydrogen (secondary N) is 1. The minimum absolute atomic E-state index is 0.0560. The summed E-state index contributed by atoms with van der Waals surface area (Å²) >= 11 is 0. The first-order valence-corrected chi connectivity index (χ1v) is 7.33. The van der Waals surface area contributed by atoms with E-state index in [0.29, 0.717) is 32.6 Å². The molecule has 0 aliphatic carbocycles. The predicted octanol–water partition coefficient (Wildman–Crippen LogP) is 1.91. The molecule has 1 aromatic heterocycles. The summed E-state index contributed by atoms with van der Waals surface area (Å²) in [5.74, 6) is 0.903. The van der Waals surface area contributed by atoms with Gasteiger partial charge in [0, 0.05) is 32.6 Å². The lowest BCUT2D eigenvalue weighted by atomic mass is 10.2. The monoisotopic (exact) mass is 281 g/mol. The fraction of sp³-hybridized carbons (Fsp3) is 0.667. The molecule has 2 heterocycles. The lowest BCUT2D eigenvalue weighted by Gasteiger charge is -2.10. The van der Waals surface area contributed by atoms with Crippen LogP contribution < -0.4 is 5.32 Å². The van der Waals surface area contributed by atoms with E-state index in [0.717, 1.165) is 31.6 Å². The van der Waals surface area contributed by atoms with Gasteiger partial charge in [0.25, 0.3) is 0 Å². The molecule has 5 nitrogen and oxygen atoms in total. The summed E-state index contributed by atoms with van der Waals surface area (Å²) in [6, 6.07) is 3.71. The molecule has 1 fully saturated rings. The fourth-order valence-electron chi connectivity index (χ4n) is 2.17. The lowest BCUT2D eigenvalue weighted by Crippen LogP contribution is -2.25. The van der Waals surface area contributed by atoms with E-state index in [2.05, 4.69) is 5.32 Å². The van der Waals surface area contributed by atoms with Gasteiger partial charge in [-0.1, -0.05) is 0 Å². The molecule has 1 unspecified atom stereocenters. The Morgan fingerprint density at radius 3 is 3.20 bits per heavy atom. The maximum atomic E-state index is 11.6. The van der Waals surface area contributed by atoms with Gasteiger partial charge in [-0.05, 0) is 31.4 Å². The molecule has 1 amide bonds. The van der Waals surface area contributed by atoms with E-state index in [9.17, 15) is 4.79 Å². The highest BCUT2D eigenvalue weighted by atomic mass is 16.5. The lowest BCUT2D eigenvalue weighted by molar-refractivity contribution is -0.121.